The molecule has 22 heavy (non-hydrogen) atoms. The number of phenolic OH excluding ortho intramolecular Hbond substituents is 4. The Morgan fingerprint density at radius 3 is 1.64 bits per heavy atom. The van der Waals surface area contributed by atoms with E-state index in [1.54, 1.807) is 0 Å². The molecule has 2 aromatic rings. The highest BCUT2D eigenvalue weighted by atomic mass is 16.3. The van der Waals surface area contributed by atoms with Gasteiger partial charge < -0.3 is 25.5 Å². The first-order valence-electron chi connectivity index (χ1n) is 6.43. The maximum Gasteiger partial charge on any atom is 0.182 e. The topological polar surface area (TPSA) is 118 Å². The summed E-state index contributed by atoms with van der Waals surface area (Å²) >= 11 is 0. The Hall–Kier alpha value is -3.15. The number of hydrogen-bond donors (Lipinski definition) is 5. The van der Waals surface area contributed by atoms with Gasteiger partial charge in [0.2, 0.25) is 0 Å². The zero-order valence-electron chi connectivity index (χ0n) is 11.2. The summed E-state index contributed by atoms with van der Waals surface area (Å²) in [5, 5.41) is 49.3. The van der Waals surface area contributed by atoms with E-state index in [4.69, 9.17) is 0 Å². The molecule has 0 amide bonds. The minimum Gasteiger partial charge on any atom is -0.510 e. The van der Waals surface area contributed by atoms with Gasteiger partial charge in [-0.3, -0.25) is 4.79 Å². The molecule has 0 fully saturated rings. The highest BCUT2D eigenvalue weighted by Gasteiger charge is 2.45. The van der Waals surface area contributed by atoms with Crippen LogP contribution in [0.5, 0.6) is 23.0 Å². The Bertz CT molecular complexity index is 781. The predicted octanol–water partition coefficient (Wildman–Crippen LogP) is 2.14. The van der Waals surface area contributed by atoms with Crippen LogP contribution in [0.2, 0.25) is 0 Å². The van der Waals surface area contributed by atoms with Crippen molar-refractivity contribution in [3.05, 3.63) is 53.3 Å². The minimum atomic E-state index is -1.23. The van der Waals surface area contributed by atoms with Crippen molar-refractivity contribution in [3.8, 4) is 23.0 Å². The van der Waals surface area contributed by atoms with Crippen molar-refractivity contribution < 1.29 is 30.3 Å². The molecule has 0 radical (unpaired) electrons. The molecule has 0 spiro atoms. The molecule has 112 valence electrons. The van der Waals surface area contributed by atoms with Crippen LogP contribution in [0.15, 0.2) is 42.2 Å². The van der Waals surface area contributed by atoms with E-state index in [1.165, 1.54) is 36.4 Å². The SMILES string of the molecule is O=C1C(c2c(O)cccc2O)=C(O)C1c1c(O)cccc1O. The molecular formula is C16H12O6. The summed E-state index contributed by atoms with van der Waals surface area (Å²) in [6, 6.07) is 7.89. The Balaban J connectivity index is 2.15. The van der Waals surface area contributed by atoms with Crippen molar-refractivity contribution in [2.45, 2.75) is 5.92 Å². The first-order chi connectivity index (χ1) is 10.4. The Morgan fingerprint density at radius 1 is 0.727 bits per heavy atom. The number of aliphatic hydroxyl groups is 1. The molecule has 0 saturated heterocycles. The second-order valence-corrected chi connectivity index (χ2v) is 4.94. The normalized spacial score (nSPS) is 17.5. The molecule has 1 aliphatic rings. The minimum absolute atomic E-state index is 0.108. The van der Waals surface area contributed by atoms with Gasteiger partial charge in [-0.1, -0.05) is 12.1 Å². The summed E-state index contributed by atoms with van der Waals surface area (Å²) in [6.45, 7) is 0. The summed E-state index contributed by atoms with van der Waals surface area (Å²) in [5.74, 6) is -3.64. The average molecular weight is 300 g/mol. The van der Waals surface area contributed by atoms with Gasteiger partial charge in [-0.25, -0.2) is 0 Å². The highest BCUT2D eigenvalue weighted by Crippen LogP contribution is 2.51. The van der Waals surface area contributed by atoms with E-state index in [9.17, 15) is 30.3 Å². The molecule has 6 heteroatoms. The van der Waals surface area contributed by atoms with Gasteiger partial charge in [0, 0.05) is 0 Å². The average Bonchev–Trinajstić information content (AvgIpc) is 2.46. The summed E-state index contributed by atoms with van der Waals surface area (Å²) in [5.41, 5.74) is -0.511. The van der Waals surface area contributed by atoms with Gasteiger partial charge in [-0.2, -0.15) is 0 Å². The lowest BCUT2D eigenvalue weighted by atomic mass is 9.74. The lowest BCUT2D eigenvalue weighted by Crippen LogP contribution is -2.28. The van der Waals surface area contributed by atoms with Crippen molar-refractivity contribution in [1.29, 1.82) is 0 Å². The maximum atomic E-state index is 12.3. The van der Waals surface area contributed by atoms with Crippen LogP contribution < -0.4 is 0 Å². The van der Waals surface area contributed by atoms with E-state index >= 15 is 0 Å². The van der Waals surface area contributed by atoms with E-state index in [-0.39, 0.29) is 39.7 Å². The number of aliphatic hydroxyl groups excluding tert-OH is 1. The molecule has 0 aliphatic heterocycles. The molecular weight excluding hydrogens is 288 g/mol. The number of carbonyl (C=O) groups is 1. The van der Waals surface area contributed by atoms with Gasteiger partial charge in [0.15, 0.2) is 5.78 Å². The van der Waals surface area contributed by atoms with Crippen molar-refractivity contribution in [1.82, 2.24) is 0 Å². The Labute approximate surface area is 124 Å². The van der Waals surface area contributed by atoms with Crippen LogP contribution in [-0.4, -0.2) is 31.3 Å². The number of benzene rings is 2. The van der Waals surface area contributed by atoms with E-state index < -0.39 is 17.5 Å². The van der Waals surface area contributed by atoms with E-state index in [1.807, 2.05) is 0 Å². The number of phenols is 4. The van der Waals surface area contributed by atoms with Crippen LogP contribution in [0.1, 0.15) is 17.0 Å². The summed E-state index contributed by atoms with van der Waals surface area (Å²) in [7, 11) is 0. The van der Waals surface area contributed by atoms with Crippen molar-refractivity contribution in [2.24, 2.45) is 0 Å². The lowest BCUT2D eigenvalue weighted by Gasteiger charge is -2.29. The van der Waals surface area contributed by atoms with Crippen LogP contribution in [0.3, 0.4) is 0 Å². The third-order valence-corrected chi connectivity index (χ3v) is 3.66. The molecule has 6 nitrogen and oxygen atoms in total. The van der Waals surface area contributed by atoms with Gasteiger partial charge in [-0.05, 0) is 24.3 Å². The third-order valence-electron chi connectivity index (χ3n) is 3.66. The Kier molecular flexibility index (Phi) is 2.95. The van der Waals surface area contributed by atoms with E-state index in [0.717, 1.165) is 0 Å². The van der Waals surface area contributed by atoms with Crippen LogP contribution in [-0.2, 0) is 4.79 Å². The monoisotopic (exact) mass is 300 g/mol. The maximum absolute atomic E-state index is 12.3. The van der Waals surface area contributed by atoms with Gasteiger partial charge in [0.25, 0.3) is 0 Å². The standard InChI is InChI=1S/C16H12O6/c17-7-3-1-4-8(18)11(7)13-15(21)14(16(13)22)12-9(19)5-2-6-10(12)20/h1-6,13,17-21H. The van der Waals surface area contributed by atoms with Crippen LogP contribution in [0.25, 0.3) is 5.57 Å². The molecule has 0 saturated carbocycles. The second kappa shape index (κ2) is 4.70. The van der Waals surface area contributed by atoms with Crippen molar-refractivity contribution in [3.63, 3.8) is 0 Å². The molecule has 5 N–H and O–H groups in total. The zero-order valence-corrected chi connectivity index (χ0v) is 11.2. The van der Waals surface area contributed by atoms with Crippen LogP contribution in [0.4, 0.5) is 0 Å². The smallest absolute Gasteiger partial charge is 0.182 e. The molecule has 0 heterocycles. The predicted molar refractivity (Wildman–Crippen MR) is 76.8 cm³/mol. The van der Waals surface area contributed by atoms with Gasteiger partial charge in [-0.15, -0.1) is 0 Å². The fourth-order valence-electron chi connectivity index (χ4n) is 2.60. The molecule has 0 bridgehead atoms. The van der Waals surface area contributed by atoms with Crippen molar-refractivity contribution in [2.75, 3.05) is 0 Å². The quantitative estimate of drug-likeness (QED) is 0.580. The number of allylic oxidation sites excluding steroid dienone is 2. The van der Waals surface area contributed by atoms with Crippen molar-refractivity contribution >= 4 is 11.4 Å². The van der Waals surface area contributed by atoms with E-state index in [2.05, 4.69) is 0 Å². The van der Waals surface area contributed by atoms with E-state index in [0.29, 0.717) is 0 Å². The summed E-state index contributed by atoms with van der Waals surface area (Å²) < 4.78 is 0. The molecule has 1 unspecified atom stereocenters. The molecule has 1 atom stereocenters. The number of carbonyl (C=O) groups excluding carboxylic acids is 1. The highest BCUT2D eigenvalue weighted by molar-refractivity contribution is 6.33. The fourth-order valence-corrected chi connectivity index (χ4v) is 2.60. The second-order valence-electron chi connectivity index (χ2n) is 4.94. The number of rotatable bonds is 2. The molecule has 3 rings (SSSR count). The third kappa shape index (κ3) is 1.77. The van der Waals surface area contributed by atoms with Crippen LogP contribution in [0, 0.1) is 0 Å². The first-order valence-corrected chi connectivity index (χ1v) is 6.43. The number of aromatic hydroxyl groups is 4. The molecule has 0 aromatic heterocycles. The summed E-state index contributed by atoms with van der Waals surface area (Å²) in [6.07, 6.45) is 0. The largest absolute Gasteiger partial charge is 0.510 e. The van der Waals surface area contributed by atoms with Gasteiger partial charge >= 0.3 is 0 Å². The van der Waals surface area contributed by atoms with Gasteiger partial charge in [0.05, 0.1) is 16.7 Å². The van der Waals surface area contributed by atoms with Crippen LogP contribution >= 0.6 is 0 Å². The Morgan fingerprint density at radius 2 is 1.18 bits per heavy atom. The zero-order chi connectivity index (χ0) is 16.0. The lowest BCUT2D eigenvalue weighted by molar-refractivity contribution is -0.116. The molecule has 1 aliphatic carbocycles. The summed E-state index contributed by atoms with van der Waals surface area (Å²) in [4.78, 5) is 12.3. The number of ketones is 1. The molecule has 2 aromatic carbocycles. The number of Topliss-reactive ketones (excluding diaryl/α,β-unsaturated/α-hetero) is 1. The van der Waals surface area contributed by atoms with Gasteiger partial charge in [0.1, 0.15) is 34.7 Å². The first kappa shape index (κ1) is 13.8. The number of hydrogen-bond acceptors (Lipinski definition) is 6. The fraction of sp³-hybridized carbons (Fsp3) is 0.0625.